The molecule has 0 aromatic heterocycles. The number of benzene rings is 2. The van der Waals surface area contributed by atoms with Crippen LogP contribution < -0.4 is 16.4 Å². The number of amides is 3. The summed E-state index contributed by atoms with van der Waals surface area (Å²) in [5.74, 6) is -2.18. The molecule has 0 saturated carbocycles. The van der Waals surface area contributed by atoms with E-state index in [0.717, 1.165) is 6.07 Å². The van der Waals surface area contributed by atoms with Crippen LogP contribution in [0, 0.1) is 5.82 Å². The van der Waals surface area contributed by atoms with E-state index in [4.69, 9.17) is 5.73 Å². The van der Waals surface area contributed by atoms with Gasteiger partial charge in [0.05, 0.1) is 12.1 Å². The Morgan fingerprint density at radius 2 is 1.81 bits per heavy atom. The molecule has 0 heterocycles. The third-order valence-electron chi connectivity index (χ3n) is 3.49. The topological polar surface area (TPSA) is 105 Å². The van der Waals surface area contributed by atoms with Crippen molar-refractivity contribution in [3.05, 3.63) is 59.4 Å². The maximum atomic E-state index is 13.7. The van der Waals surface area contributed by atoms with E-state index in [9.17, 15) is 18.8 Å². The minimum atomic E-state index is -0.862. The van der Waals surface area contributed by atoms with Crippen LogP contribution in [0.25, 0.3) is 0 Å². The molecule has 0 aliphatic rings. The molecular weight excluding hydrogens is 339 g/mol. The van der Waals surface area contributed by atoms with Crippen molar-refractivity contribution in [2.45, 2.75) is 0 Å². The van der Waals surface area contributed by atoms with E-state index in [0.29, 0.717) is 16.9 Å². The summed E-state index contributed by atoms with van der Waals surface area (Å²) in [6.45, 7) is -0.124. The first-order valence-electron chi connectivity index (χ1n) is 7.72. The van der Waals surface area contributed by atoms with Gasteiger partial charge in [0.2, 0.25) is 5.91 Å². The van der Waals surface area contributed by atoms with Crippen LogP contribution in [-0.4, -0.2) is 43.3 Å². The van der Waals surface area contributed by atoms with Crippen LogP contribution in [0.2, 0.25) is 0 Å². The van der Waals surface area contributed by atoms with E-state index >= 15 is 0 Å². The highest BCUT2D eigenvalue weighted by molar-refractivity contribution is 5.98. The number of nitrogens with two attached hydrogens (primary N) is 1. The van der Waals surface area contributed by atoms with Crippen LogP contribution >= 0.6 is 0 Å². The summed E-state index contributed by atoms with van der Waals surface area (Å²) in [4.78, 5) is 36.4. The van der Waals surface area contributed by atoms with E-state index in [1.807, 2.05) is 0 Å². The number of anilines is 2. The molecule has 0 saturated heterocycles. The highest BCUT2D eigenvalue weighted by Gasteiger charge is 2.11. The zero-order valence-electron chi connectivity index (χ0n) is 14.4. The molecule has 0 aliphatic carbocycles. The average molecular weight is 358 g/mol. The quantitative estimate of drug-likeness (QED) is 0.731. The van der Waals surface area contributed by atoms with E-state index in [-0.39, 0.29) is 23.9 Å². The van der Waals surface area contributed by atoms with Gasteiger partial charge in [-0.2, -0.15) is 0 Å². The molecule has 7 nitrogen and oxygen atoms in total. The Labute approximate surface area is 150 Å². The average Bonchev–Trinajstić information content (AvgIpc) is 2.59. The summed E-state index contributed by atoms with van der Waals surface area (Å²) in [5.41, 5.74) is 6.07. The summed E-state index contributed by atoms with van der Waals surface area (Å²) >= 11 is 0. The van der Waals surface area contributed by atoms with Crippen molar-refractivity contribution in [2.75, 3.05) is 31.3 Å². The third-order valence-corrected chi connectivity index (χ3v) is 3.49. The maximum absolute atomic E-state index is 13.7. The summed E-state index contributed by atoms with van der Waals surface area (Å²) in [6.07, 6.45) is 0. The Morgan fingerprint density at radius 3 is 2.42 bits per heavy atom. The highest BCUT2D eigenvalue weighted by Crippen LogP contribution is 2.15. The number of nitrogens with one attached hydrogen (secondary N) is 2. The van der Waals surface area contributed by atoms with Crippen molar-refractivity contribution >= 4 is 29.1 Å². The molecule has 3 amide bonds. The molecule has 0 bridgehead atoms. The van der Waals surface area contributed by atoms with Crippen LogP contribution in [0.4, 0.5) is 15.8 Å². The second kappa shape index (κ2) is 8.11. The first kappa shape index (κ1) is 18.9. The van der Waals surface area contributed by atoms with E-state index in [1.165, 1.54) is 17.0 Å². The molecule has 2 rings (SSSR count). The van der Waals surface area contributed by atoms with Gasteiger partial charge < -0.3 is 21.3 Å². The SMILES string of the molecule is CN(C)C(=O)c1cccc(NC(=O)CNc2ccc(C(N)=O)c(F)c2)c1. The van der Waals surface area contributed by atoms with Gasteiger partial charge >= 0.3 is 0 Å². The summed E-state index contributed by atoms with van der Waals surface area (Å²) in [7, 11) is 3.28. The van der Waals surface area contributed by atoms with Crippen LogP contribution in [0.15, 0.2) is 42.5 Å². The predicted molar refractivity (Wildman–Crippen MR) is 96.5 cm³/mol. The fourth-order valence-electron chi connectivity index (χ4n) is 2.20. The zero-order valence-corrected chi connectivity index (χ0v) is 14.4. The fourth-order valence-corrected chi connectivity index (χ4v) is 2.20. The number of carbonyl (C=O) groups excluding carboxylic acids is 3. The van der Waals surface area contributed by atoms with Crippen molar-refractivity contribution in [3.63, 3.8) is 0 Å². The van der Waals surface area contributed by atoms with Gasteiger partial charge in [-0.3, -0.25) is 14.4 Å². The molecule has 0 spiro atoms. The molecule has 0 radical (unpaired) electrons. The number of carbonyl (C=O) groups is 3. The van der Waals surface area contributed by atoms with Crippen molar-refractivity contribution in [2.24, 2.45) is 5.73 Å². The van der Waals surface area contributed by atoms with Gasteiger partial charge in [0.1, 0.15) is 5.82 Å². The molecule has 2 aromatic carbocycles. The Morgan fingerprint density at radius 1 is 1.08 bits per heavy atom. The van der Waals surface area contributed by atoms with Crippen molar-refractivity contribution in [3.8, 4) is 0 Å². The lowest BCUT2D eigenvalue weighted by Crippen LogP contribution is -2.23. The predicted octanol–water partition coefficient (Wildman–Crippen LogP) is 1.68. The number of rotatable bonds is 6. The van der Waals surface area contributed by atoms with Gasteiger partial charge in [0.25, 0.3) is 11.8 Å². The first-order chi connectivity index (χ1) is 12.3. The molecule has 26 heavy (non-hydrogen) atoms. The highest BCUT2D eigenvalue weighted by atomic mass is 19.1. The van der Waals surface area contributed by atoms with Gasteiger partial charge in [-0.05, 0) is 36.4 Å². The van der Waals surface area contributed by atoms with Gasteiger partial charge in [-0.25, -0.2) is 4.39 Å². The van der Waals surface area contributed by atoms with Crippen LogP contribution in [0.5, 0.6) is 0 Å². The lowest BCUT2D eigenvalue weighted by Gasteiger charge is -2.12. The van der Waals surface area contributed by atoms with Crippen LogP contribution in [0.1, 0.15) is 20.7 Å². The van der Waals surface area contributed by atoms with Gasteiger partial charge in [0, 0.05) is 31.0 Å². The lowest BCUT2D eigenvalue weighted by atomic mass is 10.1. The Bertz CT molecular complexity index is 852. The number of hydrogen-bond donors (Lipinski definition) is 3. The monoisotopic (exact) mass is 358 g/mol. The second-order valence-corrected chi connectivity index (χ2v) is 5.74. The molecule has 2 aromatic rings. The van der Waals surface area contributed by atoms with Gasteiger partial charge in [-0.1, -0.05) is 6.07 Å². The number of nitrogens with zero attached hydrogens (tertiary/aromatic N) is 1. The second-order valence-electron chi connectivity index (χ2n) is 5.74. The largest absolute Gasteiger partial charge is 0.376 e. The number of hydrogen-bond acceptors (Lipinski definition) is 4. The number of halogens is 1. The molecule has 0 aliphatic heterocycles. The Kier molecular flexibility index (Phi) is 5.90. The third kappa shape index (κ3) is 4.79. The Hall–Kier alpha value is -3.42. The van der Waals surface area contributed by atoms with E-state index in [1.54, 1.807) is 38.4 Å². The number of primary amides is 1. The first-order valence-corrected chi connectivity index (χ1v) is 7.72. The van der Waals surface area contributed by atoms with Crippen LogP contribution in [0.3, 0.4) is 0 Å². The van der Waals surface area contributed by atoms with Crippen molar-refractivity contribution in [1.29, 1.82) is 0 Å². The minimum absolute atomic E-state index is 0.124. The van der Waals surface area contributed by atoms with Gasteiger partial charge in [0.15, 0.2) is 0 Å². The van der Waals surface area contributed by atoms with Crippen molar-refractivity contribution in [1.82, 2.24) is 4.90 Å². The van der Waals surface area contributed by atoms with E-state index < -0.39 is 11.7 Å². The molecule has 4 N–H and O–H groups in total. The normalized spacial score (nSPS) is 10.1. The summed E-state index contributed by atoms with van der Waals surface area (Å²) < 4.78 is 13.7. The smallest absolute Gasteiger partial charge is 0.253 e. The minimum Gasteiger partial charge on any atom is -0.376 e. The molecule has 0 unspecified atom stereocenters. The Balaban J connectivity index is 1.97. The molecule has 0 fully saturated rings. The molecular formula is C18H19FN4O3. The molecule has 8 heteroatoms. The molecule has 0 atom stereocenters. The standard InChI is InChI=1S/C18H19FN4O3/c1-23(2)18(26)11-4-3-5-13(8-11)22-16(24)10-21-12-6-7-14(17(20)25)15(19)9-12/h3-9,21H,10H2,1-2H3,(H2,20,25)(H,22,24). The van der Waals surface area contributed by atoms with E-state index in [2.05, 4.69) is 10.6 Å². The van der Waals surface area contributed by atoms with Gasteiger partial charge in [-0.15, -0.1) is 0 Å². The molecule has 136 valence electrons. The summed E-state index contributed by atoms with van der Waals surface area (Å²) in [5, 5.41) is 5.40. The lowest BCUT2D eigenvalue weighted by molar-refractivity contribution is -0.114. The van der Waals surface area contributed by atoms with Crippen LogP contribution in [-0.2, 0) is 4.79 Å². The maximum Gasteiger partial charge on any atom is 0.253 e. The zero-order chi connectivity index (χ0) is 19.3. The fraction of sp³-hybridized carbons (Fsp3) is 0.167. The van der Waals surface area contributed by atoms with Crippen molar-refractivity contribution < 1.29 is 18.8 Å². The summed E-state index contributed by atoms with van der Waals surface area (Å²) in [6, 6.07) is 10.3.